The van der Waals surface area contributed by atoms with Crippen molar-refractivity contribution >= 4 is 47.3 Å². The zero-order valence-electron chi connectivity index (χ0n) is 80.5. The van der Waals surface area contributed by atoms with Gasteiger partial charge in [0, 0.05) is 185 Å². The molecule has 3 aliphatic carbocycles. The van der Waals surface area contributed by atoms with E-state index in [1.807, 2.05) is 52.8 Å². The number of carbonyl (C=O) groups excluding carboxylic acids is 2. The van der Waals surface area contributed by atoms with Gasteiger partial charge in [0.15, 0.2) is 0 Å². The lowest BCUT2D eigenvalue weighted by Gasteiger charge is -2.37. The second-order valence-corrected chi connectivity index (χ2v) is 37.5. The topological polar surface area (TPSA) is 313 Å². The molecule has 9 aromatic rings. The Morgan fingerprint density at radius 3 is 0.948 bits per heavy atom. The van der Waals surface area contributed by atoms with Gasteiger partial charge in [0.25, 0.3) is 28.5 Å². The normalized spacial score (nSPS) is 17.5. The second kappa shape index (κ2) is 44.5. The smallest absolute Gasteiger partial charge is 0.336 e. The predicted octanol–water partition coefficient (Wildman–Crippen LogP) is 17.1. The van der Waals surface area contributed by atoms with Crippen molar-refractivity contribution in [1.82, 2.24) is 25.6 Å². The number of methoxy groups -OCH3 is 3. The lowest BCUT2D eigenvalue weighted by molar-refractivity contribution is 0.0505. The van der Waals surface area contributed by atoms with E-state index in [1.54, 1.807) is 25.1 Å². The maximum Gasteiger partial charge on any atom is 0.336 e. The Hall–Kier alpha value is -10.6. The number of amides is 2. The van der Waals surface area contributed by atoms with Gasteiger partial charge in [-0.25, -0.2) is 4.79 Å². The molecular weight excluding hydrogens is 1710 g/mol. The van der Waals surface area contributed by atoms with Gasteiger partial charge in [-0.1, -0.05) is 54.6 Å². The molecule has 9 heterocycles. The highest BCUT2D eigenvalue weighted by Crippen LogP contribution is 2.51. The van der Waals surface area contributed by atoms with Gasteiger partial charge in [0.1, 0.15) is 17.2 Å². The van der Waals surface area contributed by atoms with Crippen LogP contribution in [0, 0.1) is 41.5 Å². The molecule has 18 rings (SSSR count). The third kappa shape index (κ3) is 21.5. The van der Waals surface area contributed by atoms with Crippen molar-refractivity contribution in [3.05, 3.63) is 241 Å². The van der Waals surface area contributed by atoms with Crippen LogP contribution in [0.15, 0.2) is 124 Å². The molecule has 0 atom stereocenters. The van der Waals surface area contributed by atoms with Crippen LogP contribution in [0.3, 0.4) is 0 Å². The molecule has 0 radical (unpaired) electrons. The molecule has 26 heteroatoms. The number of ether oxygens (including phenoxy) is 9. The number of carbonyl (C=O) groups is 3. The molecule has 0 unspecified atom stereocenters. The highest BCUT2D eigenvalue weighted by atomic mass is 35.5. The number of nitrogens with zero attached hydrogens (tertiary/aromatic N) is 3. The van der Waals surface area contributed by atoms with Crippen molar-refractivity contribution in [2.45, 2.75) is 232 Å². The van der Waals surface area contributed by atoms with Gasteiger partial charge >= 0.3 is 5.97 Å². The number of hydrogen-bond donors (Lipinski definition) is 7. The van der Waals surface area contributed by atoms with E-state index in [1.165, 1.54) is 74.0 Å². The number of rotatable bonds is 23. The molecule has 6 aromatic carbocycles. The minimum absolute atomic E-state index is 0. The largest absolute Gasteiger partial charge is 0.496 e. The Kier molecular flexibility index (Phi) is 33.0. The van der Waals surface area contributed by atoms with E-state index >= 15 is 0 Å². The average Bonchev–Trinajstić information content (AvgIpc) is 1.60. The van der Waals surface area contributed by atoms with E-state index in [2.05, 4.69) is 134 Å². The number of aromatic carboxylic acids is 1. The lowest BCUT2D eigenvalue weighted by atomic mass is 9.75. The number of halogens is 1. The fourth-order valence-corrected chi connectivity index (χ4v) is 22.6. The van der Waals surface area contributed by atoms with Crippen LogP contribution in [-0.2, 0) is 83.6 Å². The number of H-pyrrole nitrogens is 3. The summed E-state index contributed by atoms with van der Waals surface area (Å²) in [4.78, 5) is 92.3. The molecule has 134 heavy (non-hydrogen) atoms. The summed E-state index contributed by atoms with van der Waals surface area (Å²) in [6.45, 7) is 30.4. The number of fused-ring (bicyclic) bond motifs is 6. The number of anilines is 3. The highest BCUT2D eigenvalue weighted by Gasteiger charge is 2.44. The molecule has 8 N–H and O–H groups in total. The fraction of sp³-hybridized carbons (Fsp3) is 0.500. The second-order valence-electron chi connectivity index (χ2n) is 37.5. The Morgan fingerprint density at radius 2 is 0.664 bits per heavy atom. The zero-order chi connectivity index (χ0) is 93.8. The van der Waals surface area contributed by atoms with E-state index in [-0.39, 0.29) is 76.8 Å². The molecule has 718 valence electrons. The van der Waals surface area contributed by atoms with Crippen LogP contribution in [0.1, 0.15) is 232 Å². The number of aromatic amines is 3. The first kappa shape index (κ1) is 99.4. The Labute approximate surface area is 794 Å². The molecule has 2 amide bonds. The number of hydrogen-bond acceptors (Lipinski definition) is 19. The van der Waals surface area contributed by atoms with Gasteiger partial charge in [-0.2, -0.15) is 0 Å². The number of carboxylic acid groups (broad SMARTS) is 1. The first-order chi connectivity index (χ1) is 64.4. The van der Waals surface area contributed by atoms with Crippen molar-refractivity contribution in [2.24, 2.45) is 5.73 Å². The summed E-state index contributed by atoms with van der Waals surface area (Å²) in [6.07, 6.45) is 19.1. The highest BCUT2D eigenvalue weighted by molar-refractivity contribution is 6.00. The number of aromatic nitrogens is 3. The minimum atomic E-state index is -0.860. The van der Waals surface area contributed by atoms with E-state index < -0.39 is 5.97 Å². The number of benzene rings is 6. The quantitative estimate of drug-likeness (QED) is 0.0313. The summed E-state index contributed by atoms with van der Waals surface area (Å²) in [5.74, 6) is 0.209. The summed E-state index contributed by atoms with van der Waals surface area (Å²) in [5.41, 5.74) is 31.6. The molecule has 9 aliphatic rings. The van der Waals surface area contributed by atoms with Crippen LogP contribution in [0.2, 0.25) is 0 Å². The van der Waals surface area contributed by atoms with Gasteiger partial charge in [0.2, 0.25) is 0 Å². The molecule has 6 aliphatic heterocycles. The lowest BCUT2D eigenvalue weighted by Crippen LogP contribution is -2.40. The number of nitrogens with two attached hydrogens (primary N) is 1. The first-order valence-electron chi connectivity index (χ1n) is 48.3. The molecule has 6 fully saturated rings. The van der Waals surface area contributed by atoms with Gasteiger partial charge in [-0.05, 0) is 316 Å². The average molecular weight is 1850 g/mol. The molecule has 6 saturated heterocycles. The summed E-state index contributed by atoms with van der Waals surface area (Å²) in [5, 5.41) is 16.0. The van der Waals surface area contributed by atoms with Crippen molar-refractivity contribution < 1.29 is 62.1 Å². The maximum atomic E-state index is 13.9. The van der Waals surface area contributed by atoms with Crippen molar-refractivity contribution in [1.29, 1.82) is 0 Å². The molecule has 3 aromatic heterocycles. The summed E-state index contributed by atoms with van der Waals surface area (Å²) < 4.78 is 49.9. The van der Waals surface area contributed by atoms with Crippen molar-refractivity contribution in [2.75, 3.05) is 135 Å². The summed E-state index contributed by atoms with van der Waals surface area (Å²) >= 11 is 0. The van der Waals surface area contributed by atoms with Crippen molar-refractivity contribution in [3.8, 4) is 50.6 Å². The maximum absolute atomic E-state index is 13.9. The van der Waals surface area contributed by atoms with E-state index in [0.717, 1.165) is 268 Å². The zero-order valence-corrected chi connectivity index (χ0v) is 81.3. The molecule has 3 spiro atoms. The molecule has 0 saturated carbocycles. The van der Waals surface area contributed by atoms with Gasteiger partial charge in [0.05, 0.1) is 56.7 Å². The predicted molar refractivity (Wildman–Crippen MR) is 530 cm³/mol. The standard InChI is InChI=1S/2C36H45N3O5.C28H35NO4.C8H12N2O2.ClH/c2*1-5-39(28-9-14-43-15-10-28)32-21-27(25-6-7-31-26(19-25)8-11-36(31)12-16-44-17-13-36)20-29(24(32)3)34(40)37-22-30-33(42-4)18-23(2)38-35(30)41;1-3-29(23-7-12-32-13-8-23)26-18-22(17-24(19(26)2)27(30)31)20-4-5-25-21(16-20)6-9-28(25)10-14-33-15-11-28;1-5-3-7(12-2)6(4-9)8(11)10-5;/h2*6-7,18-21,28H,5,8-17,22H2,1-4H3,(H,37,40)(H,38,41);4-5,16-18,23H,3,6-15H2,1-2H3,(H,30,31);3H,4,9H2,1-2H3,(H,10,11);1H. The van der Waals surface area contributed by atoms with Crippen LogP contribution in [0.5, 0.6) is 17.2 Å². The summed E-state index contributed by atoms with van der Waals surface area (Å²) in [7, 11) is 4.60. The summed E-state index contributed by atoms with van der Waals surface area (Å²) in [6, 6.07) is 39.6. The number of carboxylic acids is 1. The van der Waals surface area contributed by atoms with E-state index in [9.17, 15) is 33.9 Å². The Bertz CT molecular complexity index is 5630. The third-order valence-corrected chi connectivity index (χ3v) is 30.1. The van der Waals surface area contributed by atoms with Crippen LogP contribution in [-0.4, -0.2) is 176 Å². The van der Waals surface area contributed by atoms with Gasteiger partial charge in [-0.15, -0.1) is 12.4 Å². The number of aryl methyl sites for hydroxylation is 6. The monoisotopic (exact) mass is 1850 g/mol. The SMILES string of the molecule is CCN(c1cc(-c2ccc3c(c2)CCC32CCOCC2)cc(C(=O)NCc2c(OC)cc(C)[nH]c2=O)c1C)C1CCOCC1.CCN(c1cc(-c2ccc3c(c2)CCC32CCOCC2)cc(C(=O)NCc2c(OC)cc(C)[nH]c2=O)c1C)C1CCOCC1.CCN(c1cc(-c2ccc3c(c2)CCC32CCOCC2)cc(C(=O)O)c1C)C1CCOCC1.COc1cc(C)[nH]c(=O)c1CN.Cl. The van der Waals surface area contributed by atoms with Gasteiger partial charge in [-0.3, -0.25) is 24.0 Å². The fourth-order valence-electron chi connectivity index (χ4n) is 22.6. The number of nitrogens with one attached hydrogen (secondary N) is 5. The Balaban J connectivity index is 0.000000152. The van der Waals surface area contributed by atoms with E-state index in [0.29, 0.717) is 80.1 Å². The van der Waals surface area contributed by atoms with Crippen LogP contribution < -0.4 is 62.0 Å². The van der Waals surface area contributed by atoms with Crippen LogP contribution in [0.4, 0.5) is 17.1 Å². The van der Waals surface area contributed by atoms with Crippen LogP contribution >= 0.6 is 12.4 Å². The van der Waals surface area contributed by atoms with Crippen LogP contribution in [0.25, 0.3) is 33.4 Å². The molecule has 25 nitrogen and oxygen atoms in total. The van der Waals surface area contributed by atoms with Gasteiger partial charge < -0.3 is 93.8 Å². The number of pyridine rings is 3. The van der Waals surface area contributed by atoms with Crippen molar-refractivity contribution in [3.63, 3.8) is 0 Å². The first-order valence-corrected chi connectivity index (χ1v) is 48.3. The third-order valence-electron chi connectivity index (χ3n) is 30.1. The molecular formula is C108H138ClN9O16. The molecule has 0 bridgehead atoms. The minimum Gasteiger partial charge on any atom is -0.496 e. The Morgan fingerprint density at radius 1 is 0.388 bits per heavy atom. The van der Waals surface area contributed by atoms with E-state index in [4.69, 9.17) is 48.4 Å².